The zero-order chi connectivity index (χ0) is 14.3. The fourth-order valence-electron chi connectivity index (χ4n) is 1.61. The first-order valence-corrected chi connectivity index (χ1v) is 6.01. The van der Waals surface area contributed by atoms with E-state index in [4.69, 9.17) is 9.84 Å². The third-order valence-electron chi connectivity index (χ3n) is 2.54. The Hall–Kier alpha value is -2.24. The Morgan fingerprint density at radius 3 is 2.63 bits per heavy atom. The van der Waals surface area contributed by atoms with E-state index < -0.39 is 18.0 Å². The van der Waals surface area contributed by atoms with Crippen molar-refractivity contribution in [3.63, 3.8) is 0 Å². The minimum absolute atomic E-state index is 0.384. The fraction of sp³-hybridized carbons (Fsp3) is 0.385. The predicted octanol–water partition coefficient (Wildman–Crippen LogP) is 2.07. The van der Waals surface area contributed by atoms with E-state index in [1.165, 1.54) is 7.11 Å². The van der Waals surface area contributed by atoms with E-state index in [-0.39, 0.29) is 0 Å². The maximum atomic E-state index is 11.7. The van der Waals surface area contributed by atoms with Crippen LogP contribution in [0.2, 0.25) is 0 Å². The van der Waals surface area contributed by atoms with Crippen LogP contribution in [0.4, 0.5) is 10.5 Å². The number of para-hydroxylation sites is 2. The lowest BCUT2D eigenvalue weighted by Crippen LogP contribution is -2.42. The van der Waals surface area contributed by atoms with Gasteiger partial charge in [-0.15, -0.1) is 0 Å². The highest BCUT2D eigenvalue weighted by Crippen LogP contribution is 2.22. The number of methoxy groups -OCH3 is 1. The van der Waals surface area contributed by atoms with Crippen molar-refractivity contribution in [1.82, 2.24) is 5.32 Å². The Bertz CT molecular complexity index is 448. The van der Waals surface area contributed by atoms with Gasteiger partial charge in [0.15, 0.2) is 0 Å². The van der Waals surface area contributed by atoms with Crippen LogP contribution in [0.5, 0.6) is 5.75 Å². The Kier molecular flexibility index (Phi) is 5.66. The molecule has 6 heteroatoms. The Morgan fingerprint density at radius 2 is 2.05 bits per heavy atom. The van der Waals surface area contributed by atoms with Crippen molar-refractivity contribution in [3.8, 4) is 5.75 Å². The molecule has 1 aromatic carbocycles. The summed E-state index contributed by atoms with van der Waals surface area (Å²) in [5.41, 5.74) is 0.489. The average Bonchev–Trinajstić information content (AvgIpc) is 2.38. The van der Waals surface area contributed by atoms with Gasteiger partial charge in [-0.05, 0) is 18.6 Å². The van der Waals surface area contributed by atoms with Crippen LogP contribution in [-0.4, -0.2) is 30.3 Å². The van der Waals surface area contributed by atoms with Gasteiger partial charge >= 0.3 is 12.0 Å². The van der Waals surface area contributed by atoms with Crippen LogP contribution in [0.15, 0.2) is 24.3 Å². The SMILES string of the molecule is CCC[C@@H](NC(=O)Nc1ccccc1OC)C(=O)O. The number of hydrogen-bond acceptors (Lipinski definition) is 3. The summed E-state index contributed by atoms with van der Waals surface area (Å²) in [7, 11) is 1.50. The second-order valence-electron chi connectivity index (χ2n) is 3.98. The molecule has 6 nitrogen and oxygen atoms in total. The molecule has 0 aromatic heterocycles. The van der Waals surface area contributed by atoms with Crippen molar-refractivity contribution in [2.24, 2.45) is 0 Å². The summed E-state index contributed by atoms with van der Waals surface area (Å²) in [6.07, 6.45) is 1.06. The van der Waals surface area contributed by atoms with E-state index in [1.807, 2.05) is 6.92 Å². The first-order chi connectivity index (χ1) is 9.08. The lowest BCUT2D eigenvalue weighted by molar-refractivity contribution is -0.139. The first-order valence-electron chi connectivity index (χ1n) is 6.01. The standard InChI is InChI=1S/C13H18N2O4/c1-3-6-10(12(16)17)15-13(18)14-9-7-4-5-8-11(9)19-2/h4-5,7-8,10H,3,6H2,1-2H3,(H,16,17)(H2,14,15,18)/t10-/m1/s1. The summed E-state index contributed by atoms with van der Waals surface area (Å²) >= 11 is 0. The summed E-state index contributed by atoms with van der Waals surface area (Å²) in [5, 5.41) is 13.9. The molecular weight excluding hydrogens is 248 g/mol. The van der Waals surface area contributed by atoms with E-state index in [0.29, 0.717) is 24.3 Å². The maximum absolute atomic E-state index is 11.7. The van der Waals surface area contributed by atoms with E-state index in [9.17, 15) is 9.59 Å². The molecule has 0 radical (unpaired) electrons. The van der Waals surface area contributed by atoms with Crippen molar-refractivity contribution in [3.05, 3.63) is 24.3 Å². The van der Waals surface area contributed by atoms with Gasteiger partial charge in [-0.25, -0.2) is 9.59 Å². The van der Waals surface area contributed by atoms with Crippen LogP contribution in [0.1, 0.15) is 19.8 Å². The normalized spacial score (nSPS) is 11.5. The minimum atomic E-state index is -1.04. The number of carboxylic acid groups (broad SMARTS) is 1. The lowest BCUT2D eigenvalue weighted by Gasteiger charge is -2.15. The van der Waals surface area contributed by atoms with Gasteiger partial charge in [0.1, 0.15) is 11.8 Å². The Labute approximate surface area is 111 Å². The fourth-order valence-corrected chi connectivity index (χ4v) is 1.61. The molecule has 0 aliphatic rings. The largest absolute Gasteiger partial charge is 0.495 e. The summed E-state index contributed by atoms with van der Waals surface area (Å²) in [6.45, 7) is 1.86. The molecule has 0 saturated heterocycles. The van der Waals surface area contributed by atoms with E-state index in [1.54, 1.807) is 24.3 Å². The summed E-state index contributed by atoms with van der Waals surface area (Å²) in [5.74, 6) is -0.531. The topological polar surface area (TPSA) is 87.7 Å². The first kappa shape index (κ1) is 14.8. The molecule has 0 saturated carbocycles. The van der Waals surface area contributed by atoms with Crippen LogP contribution in [0.3, 0.4) is 0 Å². The van der Waals surface area contributed by atoms with Crippen LogP contribution >= 0.6 is 0 Å². The number of anilines is 1. The van der Waals surface area contributed by atoms with Gasteiger partial charge in [0, 0.05) is 0 Å². The summed E-state index contributed by atoms with van der Waals surface area (Å²) < 4.78 is 5.09. The molecule has 0 unspecified atom stereocenters. The van der Waals surface area contributed by atoms with Gasteiger partial charge in [-0.1, -0.05) is 25.5 Å². The number of aliphatic carboxylic acids is 1. The number of hydrogen-bond donors (Lipinski definition) is 3. The smallest absolute Gasteiger partial charge is 0.326 e. The highest BCUT2D eigenvalue weighted by atomic mass is 16.5. The van der Waals surface area contributed by atoms with Crippen LogP contribution in [-0.2, 0) is 4.79 Å². The molecule has 0 bridgehead atoms. The number of benzene rings is 1. The number of urea groups is 1. The van der Waals surface area contributed by atoms with E-state index >= 15 is 0 Å². The van der Waals surface area contributed by atoms with Crippen molar-refractivity contribution in [2.45, 2.75) is 25.8 Å². The van der Waals surface area contributed by atoms with Crippen LogP contribution < -0.4 is 15.4 Å². The molecule has 0 spiro atoms. The lowest BCUT2D eigenvalue weighted by atomic mass is 10.2. The molecular formula is C13H18N2O4. The molecule has 1 atom stereocenters. The number of rotatable bonds is 6. The molecule has 104 valence electrons. The number of carbonyl (C=O) groups excluding carboxylic acids is 1. The molecule has 1 rings (SSSR count). The Morgan fingerprint density at radius 1 is 1.37 bits per heavy atom. The highest BCUT2D eigenvalue weighted by molar-refractivity contribution is 5.93. The monoisotopic (exact) mass is 266 g/mol. The molecule has 19 heavy (non-hydrogen) atoms. The van der Waals surface area contributed by atoms with Crippen molar-refractivity contribution >= 4 is 17.7 Å². The highest BCUT2D eigenvalue weighted by Gasteiger charge is 2.19. The van der Waals surface area contributed by atoms with Crippen LogP contribution in [0, 0.1) is 0 Å². The molecule has 2 amide bonds. The third-order valence-corrected chi connectivity index (χ3v) is 2.54. The number of amides is 2. The molecule has 1 aromatic rings. The van der Waals surface area contributed by atoms with Crippen molar-refractivity contribution in [1.29, 1.82) is 0 Å². The number of carbonyl (C=O) groups is 2. The van der Waals surface area contributed by atoms with E-state index in [0.717, 1.165) is 0 Å². The predicted molar refractivity (Wildman–Crippen MR) is 71.5 cm³/mol. The van der Waals surface area contributed by atoms with Gasteiger partial charge in [0.2, 0.25) is 0 Å². The van der Waals surface area contributed by atoms with E-state index in [2.05, 4.69) is 10.6 Å². The van der Waals surface area contributed by atoms with Gasteiger partial charge in [0.25, 0.3) is 0 Å². The van der Waals surface area contributed by atoms with Gasteiger partial charge in [0.05, 0.1) is 12.8 Å². The Balaban J connectivity index is 2.66. The van der Waals surface area contributed by atoms with Crippen LogP contribution in [0.25, 0.3) is 0 Å². The molecule has 3 N–H and O–H groups in total. The van der Waals surface area contributed by atoms with Gasteiger partial charge < -0.3 is 20.5 Å². The van der Waals surface area contributed by atoms with Crippen molar-refractivity contribution in [2.75, 3.05) is 12.4 Å². The molecule has 0 fully saturated rings. The second kappa shape index (κ2) is 7.25. The number of ether oxygens (including phenoxy) is 1. The second-order valence-corrected chi connectivity index (χ2v) is 3.98. The summed E-state index contributed by atoms with van der Waals surface area (Å²) in [4.78, 5) is 22.7. The zero-order valence-corrected chi connectivity index (χ0v) is 11.0. The number of carboxylic acids is 1. The zero-order valence-electron chi connectivity index (χ0n) is 11.0. The molecule has 0 heterocycles. The summed E-state index contributed by atoms with van der Waals surface area (Å²) in [6, 6.07) is 5.45. The van der Waals surface area contributed by atoms with Gasteiger partial charge in [-0.3, -0.25) is 0 Å². The molecule has 0 aliphatic carbocycles. The van der Waals surface area contributed by atoms with Gasteiger partial charge in [-0.2, -0.15) is 0 Å². The molecule has 0 aliphatic heterocycles. The third kappa shape index (κ3) is 4.50. The average molecular weight is 266 g/mol. The van der Waals surface area contributed by atoms with Crippen molar-refractivity contribution < 1.29 is 19.4 Å². The quantitative estimate of drug-likeness (QED) is 0.735. The minimum Gasteiger partial charge on any atom is -0.495 e. The number of nitrogens with one attached hydrogen (secondary N) is 2. The maximum Gasteiger partial charge on any atom is 0.326 e.